The third kappa shape index (κ3) is 35.3. The van der Waals surface area contributed by atoms with Gasteiger partial charge in [-0.3, -0.25) is 14.1 Å². The first-order chi connectivity index (χ1) is 23.2. The van der Waals surface area contributed by atoms with E-state index >= 15 is 0 Å². The molecule has 0 aromatic rings. The third-order valence-corrected chi connectivity index (χ3v) is 8.17. The van der Waals surface area contributed by atoms with E-state index in [0.717, 1.165) is 32.1 Å². The lowest BCUT2D eigenvalue weighted by atomic mass is 10.0. The van der Waals surface area contributed by atoms with E-state index in [1.807, 2.05) is 36.5 Å². The van der Waals surface area contributed by atoms with Gasteiger partial charge in [0.2, 0.25) is 0 Å². The molecule has 278 valence electrons. The van der Waals surface area contributed by atoms with Crippen LogP contribution in [0.15, 0.2) is 48.6 Å². The van der Waals surface area contributed by atoms with Crippen molar-refractivity contribution >= 4 is 19.8 Å². The maximum absolute atomic E-state index is 12.3. The lowest BCUT2D eigenvalue weighted by molar-refractivity contribution is -0.161. The highest BCUT2D eigenvalue weighted by Crippen LogP contribution is 2.36. The molecule has 0 spiro atoms. The second kappa shape index (κ2) is 33.5. The molecule has 0 aromatic carbocycles. The summed E-state index contributed by atoms with van der Waals surface area (Å²) >= 11 is 0. The Labute approximate surface area is 291 Å². The quantitative estimate of drug-likeness (QED) is 0.0201. The van der Waals surface area contributed by atoms with Gasteiger partial charge in [-0.1, -0.05) is 146 Å². The molecule has 0 rings (SSSR count). The van der Waals surface area contributed by atoms with Crippen LogP contribution in [0.25, 0.3) is 0 Å². The van der Waals surface area contributed by atoms with Gasteiger partial charge in [0.05, 0.1) is 12.7 Å². The van der Waals surface area contributed by atoms with Crippen LogP contribution in [0, 0.1) is 0 Å². The second-order valence-corrected chi connectivity index (χ2v) is 13.6. The Kier molecular flexibility index (Phi) is 32.1. The molecule has 0 saturated heterocycles. The zero-order chi connectivity index (χ0) is 35.6. The minimum absolute atomic E-state index is 0.159. The fraction of sp³-hybridized carbons (Fsp3) is 0.737. The molecule has 2 atom stereocenters. The highest BCUT2D eigenvalue weighted by atomic mass is 31.2. The molecule has 10 heteroatoms. The van der Waals surface area contributed by atoms with Crippen molar-refractivity contribution in [2.24, 2.45) is 0 Å². The first kappa shape index (κ1) is 46.0. The number of carbonyl (C=O) groups is 2. The molecule has 0 fully saturated rings. The number of phosphoric ester groups is 1. The van der Waals surface area contributed by atoms with E-state index in [1.54, 1.807) is 6.08 Å². The van der Waals surface area contributed by atoms with Gasteiger partial charge >= 0.3 is 19.8 Å². The summed E-state index contributed by atoms with van der Waals surface area (Å²) in [4.78, 5) is 42.6. The Morgan fingerprint density at radius 3 is 1.85 bits per heavy atom. The van der Waals surface area contributed by atoms with Crippen LogP contribution in [0.2, 0.25) is 0 Å². The van der Waals surface area contributed by atoms with Crippen molar-refractivity contribution in [2.45, 2.75) is 167 Å². The Balaban J connectivity index is 4.15. The predicted molar refractivity (Wildman–Crippen MR) is 194 cm³/mol. The van der Waals surface area contributed by atoms with E-state index in [-0.39, 0.29) is 19.4 Å². The molecular formula is C38H67O9P. The summed E-state index contributed by atoms with van der Waals surface area (Å²) in [6.45, 7) is 3.51. The molecule has 0 amide bonds. The molecule has 3 N–H and O–H groups in total. The molecule has 0 radical (unpaired) electrons. The van der Waals surface area contributed by atoms with Gasteiger partial charge in [0.15, 0.2) is 6.10 Å². The highest BCUT2D eigenvalue weighted by molar-refractivity contribution is 7.46. The van der Waals surface area contributed by atoms with Crippen LogP contribution >= 0.6 is 7.82 Å². The van der Waals surface area contributed by atoms with Gasteiger partial charge < -0.3 is 24.4 Å². The van der Waals surface area contributed by atoms with Crippen molar-refractivity contribution in [2.75, 3.05) is 13.2 Å². The number of hydrogen-bond acceptors (Lipinski definition) is 7. The number of hydrogen-bond donors (Lipinski definition) is 3. The average Bonchev–Trinajstić information content (AvgIpc) is 3.04. The monoisotopic (exact) mass is 698 g/mol. The average molecular weight is 699 g/mol. The number of rotatable bonds is 33. The molecule has 0 aliphatic carbocycles. The molecule has 9 nitrogen and oxygen atoms in total. The number of aliphatic hydroxyl groups excluding tert-OH is 1. The fourth-order valence-corrected chi connectivity index (χ4v) is 5.22. The highest BCUT2D eigenvalue weighted by Gasteiger charge is 2.22. The molecule has 0 heterocycles. The zero-order valence-electron chi connectivity index (χ0n) is 30.0. The van der Waals surface area contributed by atoms with E-state index < -0.39 is 38.6 Å². The van der Waals surface area contributed by atoms with Gasteiger partial charge in [-0.2, -0.15) is 0 Å². The van der Waals surface area contributed by atoms with Gasteiger partial charge in [-0.25, -0.2) is 4.57 Å². The number of carbonyl (C=O) groups excluding carboxylic acids is 2. The lowest BCUT2D eigenvalue weighted by Gasteiger charge is -2.18. The summed E-state index contributed by atoms with van der Waals surface area (Å²) in [7, 11) is -4.77. The minimum atomic E-state index is -4.77. The largest absolute Gasteiger partial charge is 0.469 e. The number of aliphatic hydroxyl groups is 1. The van der Waals surface area contributed by atoms with E-state index in [0.29, 0.717) is 25.7 Å². The van der Waals surface area contributed by atoms with Crippen molar-refractivity contribution < 1.29 is 43.0 Å². The summed E-state index contributed by atoms with van der Waals surface area (Å²) in [5, 5.41) is 9.97. The Hall–Kier alpha value is -2.03. The van der Waals surface area contributed by atoms with Crippen LogP contribution < -0.4 is 0 Å². The first-order valence-electron chi connectivity index (χ1n) is 18.5. The molecule has 0 aliphatic rings. The number of ether oxygens (including phenoxy) is 2. The maximum atomic E-state index is 12.3. The van der Waals surface area contributed by atoms with Crippen molar-refractivity contribution in [3.05, 3.63) is 48.6 Å². The van der Waals surface area contributed by atoms with Gasteiger partial charge in [0.1, 0.15) is 6.61 Å². The van der Waals surface area contributed by atoms with E-state index in [9.17, 15) is 19.3 Å². The summed E-state index contributed by atoms with van der Waals surface area (Å²) in [6, 6.07) is 0. The van der Waals surface area contributed by atoms with Gasteiger partial charge in [0, 0.05) is 12.8 Å². The smallest absolute Gasteiger partial charge is 0.462 e. The van der Waals surface area contributed by atoms with Crippen LogP contribution in [-0.2, 0) is 28.2 Å². The van der Waals surface area contributed by atoms with Crippen LogP contribution in [0.3, 0.4) is 0 Å². The van der Waals surface area contributed by atoms with E-state index in [2.05, 4.69) is 24.4 Å². The predicted octanol–water partition coefficient (Wildman–Crippen LogP) is 9.76. The summed E-state index contributed by atoms with van der Waals surface area (Å²) in [5.74, 6) is -0.991. The Morgan fingerprint density at radius 1 is 0.646 bits per heavy atom. The molecule has 0 unspecified atom stereocenters. The third-order valence-electron chi connectivity index (χ3n) is 7.68. The molecule has 0 saturated carbocycles. The maximum Gasteiger partial charge on any atom is 0.469 e. The molecule has 0 aliphatic heterocycles. The van der Waals surface area contributed by atoms with Crippen molar-refractivity contribution in [3.63, 3.8) is 0 Å². The molecule has 0 aromatic heterocycles. The second-order valence-electron chi connectivity index (χ2n) is 12.4. The van der Waals surface area contributed by atoms with Gasteiger partial charge in [0.25, 0.3) is 0 Å². The van der Waals surface area contributed by atoms with Crippen molar-refractivity contribution in [1.29, 1.82) is 0 Å². The van der Waals surface area contributed by atoms with E-state index in [1.165, 1.54) is 70.6 Å². The van der Waals surface area contributed by atoms with Crippen LogP contribution in [0.1, 0.15) is 155 Å². The topological polar surface area (TPSA) is 140 Å². The summed E-state index contributed by atoms with van der Waals surface area (Å²) < 4.78 is 26.2. The summed E-state index contributed by atoms with van der Waals surface area (Å²) in [6.07, 6.45) is 35.8. The minimum Gasteiger partial charge on any atom is -0.462 e. The summed E-state index contributed by atoms with van der Waals surface area (Å²) in [5.41, 5.74) is 0. The van der Waals surface area contributed by atoms with Crippen LogP contribution in [0.4, 0.5) is 0 Å². The number of unbranched alkanes of at least 4 members (excludes halogenated alkanes) is 15. The lowest BCUT2D eigenvalue weighted by Crippen LogP contribution is -2.29. The SMILES string of the molecule is CCCCC/C=C\C[C@@H](O)/C=C/C=C\C/C=C\CCCC(=O)OC[C@H](COP(=O)(O)O)OC(=O)CCCCCCCCCCCCCC. The van der Waals surface area contributed by atoms with E-state index in [4.69, 9.17) is 19.3 Å². The molecular weight excluding hydrogens is 631 g/mol. The van der Waals surface area contributed by atoms with Crippen LogP contribution in [-0.4, -0.2) is 52.3 Å². The Bertz CT molecular complexity index is 938. The molecule has 48 heavy (non-hydrogen) atoms. The fourth-order valence-electron chi connectivity index (χ4n) is 4.86. The molecule has 0 bridgehead atoms. The van der Waals surface area contributed by atoms with Crippen LogP contribution in [0.5, 0.6) is 0 Å². The van der Waals surface area contributed by atoms with Gasteiger partial charge in [-0.05, 0) is 44.9 Å². The Morgan fingerprint density at radius 2 is 1.21 bits per heavy atom. The van der Waals surface area contributed by atoms with Crippen molar-refractivity contribution in [1.82, 2.24) is 0 Å². The zero-order valence-corrected chi connectivity index (χ0v) is 30.9. The number of allylic oxidation sites excluding steroid dienone is 6. The standard InChI is InChI=1S/C38H67O9P/c1-3-5-7-9-11-12-13-14-15-20-24-28-32-38(41)47-36(34-46-48(42,43)44)33-45-37(40)31-27-23-19-17-16-18-22-26-30-35(39)29-25-21-10-8-6-4-2/h17-19,21-22,25-26,30,35-36,39H,3-16,20,23-24,27-29,31-34H2,1-2H3,(H2,42,43,44)/b19-17-,22-18-,25-21-,30-26+/t35-,36-/m1/s1. The first-order valence-corrected chi connectivity index (χ1v) is 20.1. The normalized spacial score (nSPS) is 13.7. The number of esters is 2. The van der Waals surface area contributed by atoms with Gasteiger partial charge in [-0.15, -0.1) is 0 Å². The van der Waals surface area contributed by atoms with Crippen molar-refractivity contribution in [3.8, 4) is 0 Å². The number of phosphoric acid groups is 1.